The van der Waals surface area contributed by atoms with E-state index in [2.05, 4.69) is 15.1 Å². The van der Waals surface area contributed by atoms with E-state index in [-0.39, 0.29) is 18.3 Å². The molecule has 7 heteroatoms. The molecule has 2 fully saturated rings. The van der Waals surface area contributed by atoms with E-state index in [0.29, 0.717) is 11.7 Å². The number of hydrogen-bond donors (Lipinski definition) is 2. The van der Waals surface area contributed by atoms with Crippen LogP contribution in [0.5, 0.6) is 0 Å². The second kappa shape index (κ2) is 9.97. The van der Waals surface area contributed by atoms with Crippen molar-refractivity contribution in [1.82, 2.24) is 10.2 Å². The number of rotatable bonds is 6. The van der Waals surface area contributed by atoms with E-state index >= 15 is 0 Å². The highest BCUT2D eigenvalue weighted by Gasteiger charge is 2.18. The fourth-order valence-electron chi connectivity index (χ4n) is 3.38. The summed E-state index contributed by atoms with van der Waals surface area (Å²) in [5.74, 6) is -0.375. The number of benzene rings is 1. The maximum atomic E-state index is 11.1. The van der Waals surface area contributed by atoms with Crippen LogP contribution in [0, 0.1) is 0 Å². The Hall–Kier alpha value is -1.34. The van der Waals surface area contributed by atoms with Gasteiger partial charge in [0.2, 0.25) is 5.91 Å². The molecule has 1 aromatic rings. The summed E-state index contributed by atoms with van der Waals surface area (Å²) in [4.78, 5) is 16.0. The summed E-state index contributed by atoms with van der Waals surface area (Å²) in [5.41, 5.74) is 7.01. The Kier molecular flexibility index (Phi) is 7.96. The van der Waals surface area contributed by atoms with Gasteiger partial charge in [-0.25, -0.2) is 0 Å². The molecular formula is C18H29ClN4O2. The Morgan fingerprint density at radius 2 is 1.76 bits per heavy atom. The third-order valence-electron chi connectivity index (χ3n) is 4.94. The highest BCUT2D eigenvalue weighted by atomic mass is 35.5. The van der Waals surface area contributed by atoms with E-state index < -0.39 is 0 Å². The number of nitrogens with one attached hydrogen (secondary N) is 1. The highest BCUT2D eigenvalue weighted by Crippen LogP contribution is 2.17. The standard InChI is InChI=1S/C18H28N4O2.ClH/c19-18(23)15-1-3-16(4-2-15)22-11-9-21(10-12-22)13-14-24-17-5-7-20-8-6-17;/h1-4,17,20H,5-14H2,(H2,19,23);1H. The lowest BCUT2D eigenvalue weighted by molar-refractivity contribution is 0.0195. The van der Waals surface area contributed by atoms with Gasteiger partial charge in [0.05, 0.1) is 12.7 Å². The molecule has 1 amide bonds. The summed E-state index contributed by atoms with van der Waals surface area (Å²) in [6.07, 6.45) is 2.71. The number of anilines is 1. The van der Waals surface area contributed by atoms with Gasteiger partial charge in [0, 0.05) is 44.0 Å². The first-order valence-electron chi connectivity index (χ1n) is 8.92. The van der Waals surface area contributed by atoms with Crippen molar-refractivity contribution >= 4 is 24.0 Å². The predicted molar refractivity (Wildman–Crippen MR) is 103 cm³/mol. The normalized spacial score (nSPS) is 19.4. The van der Waals surface area contributed by atoms with Gasteiger partial charge in [0.25, 0.3) is 0 Å². The van der Waals surface area contributed by atoms with E-state index in [1.54, 1.807) is 12.1 Å². The average molecular weight is 369 g/mol. The van der Waals surface area contributed by atoms with Crippen LogP contribution < -0.4 is 16.0 Å². The van der Waals surface area contributed by atoms with Crippen molar-refractivity contribution in [3.63, 3.8) is 0 Å². The molecule has 0 saturated carbocycles. The number of nitrogens with two attached hydrogens (primary N) is 1. The summed E-state index contributed by atoms with van der Waals surface area (Å²) in [6.45, 7) is 8.11. The lowest BCUT2D eigenvalue weighted by Crippen LogP contribution is -2.47. The van der Waals surface area contributed by atoms with Crippen LogP contribution in [0.2, 0.25) is 0 Å². The second-order valence-electron chi connectivity index (χ2n) is 6.56. The zero-order valence-corrected chi connectivity index (χ0v) is 15.5. The Bertz CT molecular complexity index is 526. The maximum Gasteiger partial charge on any atom is 0.248 e. The van der Waals surface area contributed by atoms with Crippen LogP contribution in [-0.2, 0) is 4.74 Å². The summed E-state index contributed by atoms with van der Waals surface area (Å²) in [5, 5.41) is 3.36. The minimum Gasteiger partial charge on any atom is -0.377 e. The quantitative estimate of drug-likeness (QED) is 0.786. The van der Waals surface area contributed by atoms with Gasteiger partial charge < -0.3 is 20.7 Å². The number of halogens is 1. The smallest absolute Gasteiger partial charge is 0.248 e. The molecule has 140 valence electrons. The lowest BCUT2D eigenvalue weighted by Gasteiger charge is -2.36. The van der Waals surface area contributed by atoms with Crippen LogP contribution in [0.25, 0.3) is 0 Å². The van der Waals surface area contributed by atoms with E-state index in [4.69, 9.17) is 10.5 Å². The predicted octanol–water partition coefficient (Wildman–Crippen LogP) is 1.10. The molecule has 0 unspecified atom stereocenters. The topological polar surface area (TPSA) is 70.8 Å². The number of amides is 1. The molecule has 6 nitrogen and oxygen atoms in total. The molecule has 0 atom stereocenters. The Morgan fingerprint density at radius 3 is 2.36 bits per heavy atom. The summed E-state index contributed by atoms with van der Waals surface area (Å²) in [7, 11) is 0. The summed E-state index contributed by atoms with van der Waals surface area (Å²) >= 11 is 0. The fraction of sp³-hybridized carbons (Fsp3) is 0.611. The molecule has 0 bridgehead atoms. The summed E-state index contributed by atoms with van der Waals surface area (Å²) < 4.78 is 5.99. The summed E-state index contributed by atoms with van der Waals surface area (Å²) in [6, 6.07) is 7.57. The van der Waals surface area contributed by atoms with Crippen LogP contribution >= 0.6 is 12.4 Å². The van der Waals surface area contributed by atoms with E-state index in [9.17, 15) is 4.79 Å². The molecule has 0 aliphatic carbocycles. The number of carbonyl (C=O) groups excluding carboxylic acids is 1. The van der Waals surface area contributed by atoms with Crippen LogP contribution in [0.1, 0.15) is 23.2 Å². The zero-order chi connectivity index (χ0) is 16.8. The molecule has 1 aromatic carbocycles. The van der Waals surface area contributed by atoms with Gasteiger partial charge in [-0.3, -0.25) is 9.69 Å². The SMILES string of the molecule is Cl.NC(=O)c1ccc(N2CCN(CCOC3CCNCC3)CC2)cc1. The molecule has 2 aliphatic rings. The van der Waals surface area contributed by atoms with Crippen molar-refractivity contribution in [2.24, 2.45) is 5.73 Å². The van der Waals surface area contributed by atoms with Crippen molar-refractivity contribution in [2.75, 3.05) is 57.3 Å². The molecule has 2 aliphatic heterocycles. The number of nitrogens with zero attached hydrogens (tertiary/aromatic N) is 2. The zero-order valence-electron chi connectivity index (χ0n) is 14.7. The lowest BCUT2D eigenvalue weighted by atomic mass is 10.1. The molecule has 0 aromatic heterocycles. The number of primary amides is 1. The number of carbonyl (C=O) groups is 1. The first-order valence-corrected chi connectivity index (χ1v) is 8.92. The molecule has 0 spiro atoms. The second-order valence-corrected chi connectivity index (χ2v) is 6.56. The number of ether oxygens (including phenoxy) is 1. The Balaban J connectivity index is 0.00000225. The number of piperazine rings is 1. The largest absolute Gasteiger partial charge is 0.377 e. The van der Waals surface area contributed by atoms with Gasteiger partial charge in [0.1, 0.15) is 0 Å². The minimum absolute atomic E-state index is 0. The van der Waals surface area contributed by atoms with Crippen LogP contribution in [0.15, 0.2) is 24.3 Å². The Morgan fingerprint density at radius 1 is 1.12 bits per heavy atom. The number of piperidine rings is 1. The van der Waals surface area contributed by atoms with Gasteiger partial charge in [-0.05, 0) is 50.2 Å². The average Bonchev–Trinajstić information content (AvgIpc) is 2.63. The number of hydrogen-bond acceptors (Lipinski definition) is 5. The highest BCUT2D eigenvalue weighted by molar-refractivity contribution is 5.93. The Labute approximate surface area is 156 Å². The van der Waals surface area contributed by atoms with Crippen molar-refractivity contribution in [2.45, 2.75) is 18.9 Å². The maximum absolute atomic E-state index is 11.1. The van der Waals surface area contributed by atoms with Crippen LogP contribution in [-0.4, -0.2) is 69.3 Å². The van der Waals surface area contributed by atoms with Gasteiger partial charge in [-0.1, -0.05) is 0 Å². The molecular weight excluding hydrogens is 340 g/mol. The molecule has 0 radical (unpaired) electrons. The van der Waals surface area contributed by atoms with Crippen molar-refractivity contribution in [3.05, 3.63) is 29.8 Å². The fourth-order valence-corrected chi connectivity index (χ4v) is 3.38. The molecule has 2 saturated heterocycles. The molecule has 25 heavy (non-hydrogen) atoms. The van der Waals surface area contributed by atoms with Gasteiger partial charge in [-0.15, -0.1) is 12.4 Å². The van der Waals surface area contributed by atoms with Gasteiger partial charge >= 0.3 is 0 Å². The molecule has 3 rings (SSSR count). The van der Waals surface area contributed by atoms with Crippen LogP contribution in [0.3, 0.4) is 0 Å². The first kappa shape index (κ1) is 20.0. The van der Waals surface area contributed by atoms with Crippen molar-refractivity contribution < 1.29 is 9.53 Å². The first-order chi connectivity index (χ1) is 11.7. The van der Waals surface area contributed by atoms with Crippen LogP contribution in [0.4, 0.5) is 5.69 Å². The third kappa shape index (κ3) is 5.85. The molecule has 2 heterocycles. The minimum atomic E-state index is -0.375. The van der Waals surface area contributed by atoms with Crippen molar-refractivity contribution in [1.29, 1.82) is 0 Å². The van der Waals surface area contributed by atoms with Crippen molar-refractivity contribution in [3.8, 4) is 0 Å². The third-order valence-corrected chi connectivity index (χ3v) is 4.94. The van der Waals surface area contributed by atoms with Gasteiger partial charge in [-0.2, -0.15) is 0 Å². The monoisotopic (exact) mass is 368 g/mol. The van der Waals surface area contributed by atoms with E-state index in [1.807, 2.05) is 12.1 Å². The molecule has 3 N–H and O–H groups in total. The van der Waals surface area contributed by atoms with E-state index in [0.717, 1.165) is 70.9 Å². The van der Waals surface area contributed by atoms with E-state index in [1.165, 1.54) is 0 Å². The van der Waals surface area contributed by atoms with Gasteiger partial charge in [0.15, 0.2) is 0 Å².